The van der Waals surface area contributed by atoms with E-state index in [2.05, 4.69) is 19.2 Å². The van der Waals surface area contributed by atoms with Crippen molar-refractivity contribution < 1.29 is 13.6 Å². The van der Waals surface area contributed by atoms with Crippen molar-refractivity contribution in [3.63, 3.8) is 0 Å². The van der Waals surface area contributed by atoms with Gasteiger partial charge in [0.05, 0.1) is 0 Å². The Morgan fingerprint density at radius 2 is 1.81 bits per heavy atom. The maximum Gasteiger partial charge on any atom is 0.315 e. The number of benzene rings is 1. The highest BCUT2D eigenvalue weighted by atomic mass is 19.3. The zero-order valence-corrected chi connectivity index (χ0v) is 9.34. The van der Waals surface area contributed by atoms with Crippen LogP contribution >= 0.6 is 0 Å². The molecule has 1 aromatic carbocycles. The number of hydrogen-bond donors (Lipinski definition) is 1. The zero-order valence-electron chi connectivity index (χ0n) is 9.34. The standard InChI is InChI=1S/C12H15F2NO/c1-8(2)10-5-3-9(4-6-10)7-15-12(16)11(13)14/h3-6,8,11H,7H2,1-2H3,(H,15,16). The van der Waals surface area contributed by atoms with Gasteiger partial charge in [0.1, 0.15) is 0 Å². The van der Waals surface area contributed by atoms with E-state index >= 15 is 0 Å². The van der Waals surface area contributed by atoms with E-state index < -0.39 is 12.3 Å². The van der Waals surface area contributed by atoms with Gasteiger partial charge in [0.25, 0.3) is 5.91 Å². The second-order valence-corrected chi connectivity index (χ2v) is 3.91. The van der Waals surface area contributed by atoms with Crippen molar-refractivity contribution in [3.05, 3.63) is 35.4 Å². The second kappa shape index (κ2) is 5.58. The molecule has 0 bridgehead atoms. The molecule has 0 aromatic heterocycles. The first-order valence-corrected chi connectivity index (χ1v) is 5.15. The van der Waals surface area contributed by atoms with Gasteiger partial charge in [0, 0.05) is 6.54 Å². The second-order valence-electron chi connectivity index (χ2n) is 3.91. The van der Waals surface area contributed by atoms with Crippen LogP contribution in [0, 0.1) is 0 Å². The Balaban J connectivity index is 2.53. The number of amides is 1. The van der Waals surface area contributed by atoms with Crippen molar-refractivity contribution in [3.8, 4) is 0 Å². The van der Waals surface area contributed by atoms with Gasteiger partial charge < -0.3 is 5.32 Å². The third-order valence-electron chi connectivity index (χ3n) is 2.31. The number of rotatable bonds is 4. The fourth-order valence-corrected chi connectivity index (χ4v) is 1.29. The molecule has 4 heteroatoms. The molecule has 1 amide bonds. The number of halogens is 2. The Labute approximate surface area is 93.7 Å². The van der Waals surface area contributed by atoms with Crippen molar-refractivity contribution in [2.75, 3.05) is 0 Å². The van der Waals surface area contributed by atoms with Crippen LogP contribution in [0.25, 0.3) is 0 Å². The van der Waals surface area contributed by atoms with Crippen molar-refractivity contribution in [2.45, 2.75) is 32.7 Å². The molecule has 0 spiro atoms. The van der Waals surface area contributed by atoms with Gasteiger partial charge >= 0.3 is 6.43 Å². The molecule has 0 aliphatic heterocycles. The molecule has 0 radical (unpaired) electrons. The molecular formula is C12H15F2NO. The summed E-state index contributed by atoms with van der Waals surface area (Å²) in [5.41, 5.74) is 2.00. The molecule has 0 heterocycles. The molecule has 0 atom stereocenters. The minimum absolute atomic E-state index is 0.140. The first-order valence-electron chi connectivity index (χ1n) is 5.15. The quantitative estimate of drug-likeness (QED) is 0.841. The molecule has 0 aliphatic rings. The number of carbonyl (C=O) groups is 1. The summed E-state index contributed by atoms with van der Waals surface area (Å²) in [4.78, 5) is 10.6. The maximum atomic E-state index is 11.9. The predicted octanol–water partition coefficient (Wildman–Crippen LogP) is 2.69. The van der Waals surface area contributed by atoms with E-state index in [1.54, 1.807) is 0 Å². The summed E-state index contributed by atoms with van der Waals surface area (Å²) >= 11 is 0. The Morgan fingerprint density at radius 3 is 2.25 bits per heavy atom. The van der Waals surface area contributed by atoms with Gasteiger partial charge in [-0.15, -0.1) is 0 Å². The fraction of sp³-hybridized carbons (Fsp3) is 0.417. The minimum Gasteiger partial charge on any atom is -0.347 e. The van der Waals surface area contributed by atoms with Crippen LogP contribution < -0.4 is 5.32 Å². The van der Waals surface area contributed by atoms with E-state index in [0.717, 1.165) is 5.56 Å². The molecule has 0 fully saturated rings. The van der Waals surface area contributed by atoms with Crippen molar-refractivity contribution >= 4 is 5.91 Å². The topological polar surface area (TPSA) is 29.1 Å². The van der Waals surface area contributed by atoms with Crippen molar-refractivity contribution in [2.24, 2.45) is 0 Å². The van der Waals surface area contributed by atoms with E-state index in [0.29, 0.717) is 5.92 Å². The van der Waals surface area contributed by atoms with Crippen LogP contribution in [0.4, 0.5) is 8.78 Å². The summed E-state index contributed by atoms with van der Waals surface area (Å²) in [6.45, 7) is 4.29. The summed E-state index contributed by atoms with van der Waals surface area (Å²) in [6.07, 6.45) is -2.95. The number of carbonyl (C=O) groups excluding carboxylic acids is 1. The molecule has 2 nitrogen and oxygen atoms in total. The average molecular weight is 227 g/mol. The van der Waals surface area contributed by atoms with Gasteiger partial charge in [-0.05, 0) is 17.0 Å². The van der Waals surface area contributed by atoms with Crippen LogP contribution in [0.1, 0.15) is 30.9 Å². The van der Waals surface area contributed by atoms with Gasteiger partial charge in [0.15, 0.2) is 0 Å². The fourth-order valence-electron chi connectivity index (χ4n) is 1.29. The van der Waals surface area contributed by atoms with E-state index in [1.165, 1.54) is 5.56 Å². The monoisotopic (exact) mass is 227 g/mol. The van der Waals surface area contributed by atoms with Gasteiger partial charge in [-0.2, -0.15) is 8.78 Å². The van der Waals surface area contributed by atoms with Crippen LogP contribution in [0.5, 0.6) is 0 Å². The van der Waals surface area contributed by atoms with Gasteiger partial charge in [-0.3, -0.25) is 4.79 Å². The molecule has 0 unspecified atom stereocenters. The Hall–Kier alpha value is -1.45. The zero-order chi connectivity index (χ0) is 12.1. The first-order chi connectivity index (χ1) is 7.50. The number of nitrogens with one attached hydrogen (secondary N) is 1. The Bertz CT molecular complexity index is 347. The lowest BCUT2D eigenvalue weighted by molar-refractivity contribution is -0.131. The summed E-state index contributed by atoms with van der Waals surface area (Å²) in [7, 11) is 0. The van der Waals surface area contributed by atoms with Gasteiger partial charge in [-0.25, -0.2) is 0 Å². The summed E-state index contributed by atoms with van der Waals surface area (Å²) in [5, 5.41) is 2.16. The maximum absolute atomic E-state index is 11.9. The molecule has 0 saturated carbocycles. The normalized spacial score (nSPS) is 10.9. The van der Waals surface area contributed by atoms with Crippen molar-refractivity contribution in [1.82, 2.24) is 5.32 Å². The van der Waals surface area contributed by atoms with Crippen molar-refractivity contribution in [1.29, 1.82) is 0 Å². The predicted molar refractivity (Wildman–Crippen MR) is 58.4 cm³/mol. The minimum atomic E-state index is -2.95. The molecule has 1 rings (SSSR count). The van der Waals surface area contributed by atoms with E-state index in [9.17, 15) is 13.6 Å². The highest BCUT2D eigenvalue weighted by molar-refractivity contribution is 5.78. The summed E-state index contributed by atoms with van der Waals surface area (Å²) in [5.74, 6) is -0.794. The molecule has 0 saturated heterocycles. The van der Waals surface area contributed by atoms with Gasteiger partial charge in [0.2, 0.25) is 0 Å². The average Bonchev–Trinajstić information content (AvgIpc) is 2.26. The van der Waals surface area contributed by atoms with Crippen LogP contribution in [0.3, 0.4) is 0 Å². The Kier molecular flexibility index (Phi) is 4.40. The molecular weight excluding hydrogens is 212 g/mol. The van der Waals surface area contributed by atoms with E-state index in [1.807, 2.05) is 24.3 Å². The lowest BCUT2D eigenvalue weighted by Crippen LogP contribution is -2.28. The van der Waals surface area contributed by atoms with E-state index in [-0.39, 0.29) is 6.54 Å². The van der Waals surface area contributed by atoms with Gasteiger partial charge in [-0.1, -0.05) is 38.1 Å². The molecule has 16 heavy (non-hydrogen) atoms. The lowest BCUT2D eigenvalue weighted by Gasteiger charge is -2.07. The third-order valence-corrected chi connectivity index (χ3v) is 2.31. The largest absolute Gasteiger partial charge is 0.347 e. The highest BCUT2D eigenvalue weighted by Gasteiger charge is 2.13. The number of hydrogen-bond acceptors (Lipinski definition) is 1. The third kappa shape index (κ3) is 3.61. The summed E-state index contributed by atoms with van der Waals surface area (Å²) in [6, 6.07) is 7.55. The van der Waals surface area contributed by atoms with Crippen LogP contribution in [-0.4, -0.2) is 12.3 Å². The molecule has 1 N–H and O–H groups in total. The lowest BCUT2D eigenvalue weighted by atomic mass is 10.0. The molecule has 88 valence electrons. The number of alkyl halides is 2. The summed E-state index contributed by atoms with van der Waals surface area (Å²) < 4.78 is 23.8. The van der Waals surface area contributed by atoms with Crippen LogP contribution in [0.2, 0.25) is 0 Å². The SMILES string of the molecule is CC(C)c1ccc(CNC(=O)C(F)F)cc1. The highest BCUT2D eigenvalue weighted by Crippen LogP contribution is 2.14. The molecule has 0 aliphatic carbocycles. The first kappa shape index (κ1) is 12.6. The van der Waals surface area contributed by atoms with Crippen LogP contribution in [0.15, 0.2) is 24.3 Å². The smallest absolute Gasteiger partial charge is 0.315 e. The van der Waals surface area contributed by atoms with Crippen LogP contribution in [-0.2, 0) is 11.3 Å². The Morgan fingerprint density at radius 1 is 1.25 bits per heavy atom. The molecule has 1 aromatic rings. The van der Waals surface area contributed by atoms with E-state index in [4.69, 9.17) is 0 Å².